The Hall–Kier alpha value is -1.82. The van der Waals surface area contributed by atoms with E-state index >= 15 is 0 Å². The summed E-state index contributed by atoms with van der Waals surface area (Å²) in [4.78, 5) is 14.2. The number of rotatable bonds is 4. The molecule has 1 saturated heterocycles. The fourth-order valence-corrected chi connectivity index (χ4v) is 4.54. The number of primary amides is 1. The van der Waals surface area contributed by atoms with Crippen molar-refractivity contribution in [3.8, 4) is 17.2 Å². The Kier molecular flexibility index (Phi) is 5.70. The molecule has 0 bridgehead atoms. The average molecular weight is 412 g/mol. The first-order valence-corrected chi connectivity index (χ1v) is 9.33. The molecule has 0 saturated carbocycles. The Morgan fingerprint density at radius 2 is 2.27 bits per heavy atom. The molecule has 136 valence electrons. The Labute approximate surface area is 164 Å². The van der Waals surface area contributed by atoms with Gasteiger partial charge in [0.25, 0.3) is 5.91 Å². The molecular weight excluding hydrogens is 397 g/mol. The number of nitriles is 1. The summed E-state index contributed by atoms with van der Waals surface area (Å²) in [7, 11) is 0. The highest BCUT2D eigenvalue weighted by Gasteiger charge is 2.29. The van der Waals surface area contributed by atoms with E-state index in [1.54, 1.807) is 18.2 Å². The molecule has 1 amide bonds. The highest BCUT2D eigenvalue weighted by atomic mass is 35.5. The second kappa shape index (κ2) is 7.82. The van der Waals surface area contributed by atoms with Crippen LogP contribution in [-0.2, 0) is 4.74 Å². The van der Waals surface area contributed by atoms with E-state index in [4.69, 9.17) is 33.7 Å². The number of aliphatic hydroxyl groups is 1. The molecule has 1 aliphatic rings. The quantitative estimate of drug-likeness (QED) is 0.805. The summed E-state index contributed by atoms with van der Waals surface area (Å²) in [5.74, 6) is -0.634. The number of carbonyl (C=O) groups is 1. The lowest BCUT2D eigenvalue weighted by Crippen LogP contribution is -2.44. The third kappa shape index (κ3) is 3.52. The minimum atomic E-state index is -0.634. The lowest BCUT2D eigenvalue weighted by molar-refractivity contribution is 0.00373. The van der Waals surface area contributed by atoms with Gasteiger partial charge in [-0.2, -0.15) is 5.26 Å². The van der Waals surface area contributed by atoms with Gasteiger partial charge in [-0.15, -0.1) is 11.3 Å². The number of carbonyl (C=O) groups excluding carboxylic acids is 1. The number of ether oxygens (including phenoxy) is 1. The average Bonchev–Trinajstić information content (AvgIpc) is 3.01. The molecule has 3 N–H and O–H groups in total. The van der Waals surface area contributed by atoms with E-state index in [1.807, 2.05) is 4.90 Å². The minimum Gasteiger partial charge on any atom is -0.394 e. The van der Waals surface area contributed by atoms with Gasteiger partial charge in [-0.25, -0.2) is 0 Å². The molecule has 1 atom stereocenters. The zero-order valence-corrected chi connectivity index (χ0v) is 15.9. The zero-order valence-electron chi connectivity index (χ0n) is 13.5. The van der Waals surface area contributed by atoms with Crippen molar-refractivity contribution in [3.05, 3.63) is 38.7 Å². The van der Waals surface area contributed by atoms with Gasteiger partial charge in [0.15, 0.2) is 0 Å². The molecular formula is C17H15Cl2N3O3S. The number of aliphatic hydroxyl groups excluding tert-OH is 1. The zero-order chi connectivity index (χ0) is 18.8. The van der Waals surface area contributed by atoms with E-state index in [0.717, 1.165) is 11.3 Å². The third-order valence-corrected chi connectivity index (χ3v) is 5.87. The molecule has 1 unspecified atom stereocenters. The second-order valence-corrected chi connectivity index (χ2v) is 7.55. The maximum Gasteiger partial charge on any atom is 0.259 e. The predicted molar refractivity (Wildman–Crippen MR) is 102 cm³/mol. The highest BCUT2D eigenvalue weighted by Crippen LogP contribution is 2.44. The Morgan fingerprint density at radius 1 is 1.50 bits per heavy atom. The van der Waals surface area contributed by atoms with Crippen LogP contribution < -0.4 is 10.6 Å². The van der Waals surface area contributed by atoms with Crippen molar-refractivity contribution in [2.75, 3.05) is 31.2 Å². The summed E-state index contributed by atoms with van der Waals surface area (Å²) < 4.78 is 5.46. The van der Waals surface area contributed by atoms with Crippen LogP contribution in [0, 0.1) is 11.3 Å². The highest BCUT2D eigenvalue weighted by molar-refractivity contribution is 7.18. The van der Waals surface area contributed by atoms with Gasteiger partial charge < -0.3 is 20.5 Å². The van der Waals surface area contributed by atoms with Crippen molar-refractivity contribution in [2.45, 2.75) is 6.10 Å². The van der Waals surface area contributed by atoms with Crippen LogP contribution in [0.2, 0.25) is 10.0 Å². The predicted octanol–water partition coefficient (Wildman–Crippen LogP) is 2.89. The molecule has 26 heavy (non-hydrogen) atoms. The summed E-state index contributed by atoms with van der Waals surface area (Å²) >= 11 is 13.4. The molecule has 1 aliphatic heterocycles. The fraction of sp³-hybridized carbons (Fsp3) is 0.294. The molecule has 9 heteroatoms. The molecule has 1 aromatic heterocycles. The van der Waals surface area contributed by atoms with E-state index in [-0.39, 0.29) is 17.6 Å². The molecule has 1 fully saturated rings. The number of benzene rings is 1. The second-order valence-electron chi connectivity index (χ2n) is 5.71. The molecule has 3 rings (SSSR count). The van der Waals surface area contributed by atoms with Crippen molar-refractivity contribution in [1.82, 2.24) is 0 Å². The smallest absolute Gasteiger partial charge is 0.259 e. The van der Waals surface area contributed by atoms with Crippen LogP contribution in [-0.4, -0.2) is 43.4 Å². The van der Waals surface area contributed by atoms with Crippen LogP contribution in [0.15, 0.2) is 18.2 Å². The molecule has 1 aromatic carbocycles. The normalized spacial score (nSPS) is 17.2. The van der Waals surface area contributed by atoms with Gasteiger partial charge in [0, 0.05) is 34.3 Å². The summed E-state index contributed by atoms with van der Waals surface area (Å²) in [6, 6.07) is 7.04. The first kappa shape index (κ1) is 19.0. The Bertz CT molecular complexity index is 894. The van der Waals surface area contributed by atoms with Crippen molar-refractivity contribution >= 4 is 45.4 Å². The SMILES string of the molecule is N#Cc1c(N2CCOC(CO)C2)sc(C(N)=O)c1-c1ccc(Cl)cc1Cl. The van der Waals surface area contributed by atoms with E-state index in [9.17, 15) is 15.2 Å². The van der Waals surface area contributed by atoms with Gasteiger partial charge in [0.2, 0.25) is 0 Å². The number of hydrogen-bond acceptors (Lipinski definition) is 6. The Morgan fingerprint density at radius 3 is 2.88 bits per heavy atom. The summed E-state index contributed by atoms with van der Waals surface area (Å²) in [6.45, 7) is 1.24. The lowest BCUT2D eigenvalue weighted by Gasteiger charge is -2.32. The van der Waals surface area contributed by atoms with Crippen LogP contribution in [0.1, 0.15) is 15.2 Å². The molecule has 0 radical (unpaired) electrons. The summed E-state index contributed by atoms with van der Waals surface area (Å²) in [6.07, 6.45) is -0.350. The van der Waals surface area contributed by atoms with Crippen molar-refractivity contribution in [1.29, 1.82) is 5.26 Å². The number of morpholine rings is 1. The van der Waals surface area contributed by atoms with Gasteiger partial charge in [-0.1, -0.05) is 29.3 Å². The monoisotopic (exact) mass is 411 g/mol. The maximum atomic E-state index is 12.0. The number of nitrogens with zero attached hydrogens (tertiary/aromatic N) is 2. The van der Waals surface area contributed by atoms with Crippen LogP contribution in [0.25, 0.3) is 11.1 Å². The summed E-state index contributed by atoms with van der Waals surface area (Å²) in [5.41, 5.74) is 6.82. The number of halogens is 2. The van der Waals surface area contributed by atoms with Crippen LogP contribution >= 0.6 is 34.5 Å². The largest absolute Gasteiger partial charge is 0.394 e. The van der Waals surface area contributed by atoms with Crippen molar-refractivity contribution in [3.63, 3.8) is 0 Å². The van der Waals surface area contributed by atoms with Gasteiger partial charge in [0.05, 0.1) is 24.9 Å². The lowest BCUT2D eigenvalue weighted by atomic mass is 10.0. The van der Waals surface area contributed by atoms with Gasteiger partial charge >= 0.3 is 0 Å². The van der Waals surface area contributed by atoms with Crippen LogP contribution in [0.3, 0.4) is 0 Å². The van der Waals surface area contributed by atoms with E-state index in [2.05, 4.69) is 6.07 Å². The van der Waals surface area contributed by atoms with Crippen LogP contribution in [0.4, 0.5) is 5.00 Å². The maximum absolute atomic E-state index is 12.0. The van der Waals surface area contributed by atoms with Gasteiger partial charge in [0.1, 0.15) is 15.9 Å². The number of amides is 1. The summed E-state index contributed by atoms with van der Waals surface area (Å²) in [5, 5.41) is 20.5. The molecule has 2 heterocycles. The van der Waals surface area contributed by atoms with E-state index in [0.29, 0.717) is 51.4 Å². The standard InChI is InChI=1S/C17H15Cl2N3O3S/c18-9-1-2-11(13(19)5-9)14-12(6-20)17(26-15(14)16(21)24)22-3-4-25-10(7-22)8-23/h1-2,5,10,23H,3-4,7-8H2,(H2,21,24). The Balaban J connectivity index is 2.17. The van der Waals surface area contributed by atoms with Gasteiger partial charge in [-0.3, -0.25) is 4.79 Å². The van der Waals surface area contributed by atoms with Crippen molar-refractivity contribution < 1.29 is 14.6 Å². The number of thiophene rings is 1. The fourth-order valence-electron chi connectivity index (χ4n) is 2.88. The molecule has 6 nitrogen and oxygen atoms in total. The number of anilines is 1. The van der Waals surface area contributed by atoms with E-state index < -0.39 is 5.91 Å². The van der Waals surface area contributed by atoms with Crippen molar-refractivity contribution in [2.24, 2.45) is 5.73 Å². The van der Waals surface area contributed by atoms with Gasteiger partial charge in [-0.05, 0) is 12.1 Å². The van der Waals surface area contributed by atoms with Crippen LogP contribution in [0.5, 0.6) is 0 Å². The topological polar surface area (TPSA) is 99.6 Å². The minimum absolute atomic E-state index is 0.123. The number of nitrogens with two attached hydrogens (primary N) is 1. The number of hydrogen-bond donors (Lipinski definition) is 2. The van der Waals surface area contributed by atoms with E-state index in [1.165, 1.54) is 0 Å². The molecule has 0 aliphatic carbocycles. The third-order valence-electron chi connectivity index (χ3n) is 4.06. The molecule has 2 aromatic rings. The first-order valence-electron chi connectivity index (χ1n) is 7.75. The molecule has 0 spiro atoms. The first-order chi connectivity index (χ1) is 12.5.